The fourth-order valence-corrected chi connectivity index (χ4v) is 2.20. The average molecular weight is 259 g/mol. The van der Waals surface area contributed by atoms with E-state index in [1.807, 2.05) is 0 Å². The van der Waals surface area contributed by atoms with Gasteiger partial charge < -0.3 is 5.73 Å². The lowest BCUT2D eigenvalue weighted by atomic mass is 10.1. The van der Waals surface area contributed by atoms with Crippen molar-refractivity contribution in [2.24, 2.45) is 5.73 Å². The molecule has 19 heavy (non-hydrogen) atoms. The van der Waals surface area contributed by atoms with E-state index >= 15 is 0 Å². The fourth-order valence-electron chi connectivity index (χ4n) is 2.20. The van der Waals surface area contributed by atoms with Crippen LogP contribution in [0, 0.1) is 5.41 Å². The number of rotatable bonds is 6. The molecular formula is C14H17N3O2. The van der Waals surface area contributed by atoms with Crippen LogP contribution >= 0.6 is 0 Å². The number of benzene rings is 1. The van der Waals surface area contributed by atoms with Crippen LogP contribution in [0.5, 0.6) is 0 Å². The summed E-state index contributed by atoms with van der Waals surface area (Å²) in [5.41, 5.74) is 6.26. The Balaban J connectivity index is 1.88. The van der Waals surface area contributed by atoms with Crippen LogP contribution in [0.3, 0.4) is 0 Å². The molecule has 0 atom stereocenters. The molecule has 0 aliphatic carbocycles. The smallest absolute Gasteiger partial charge is 0.261 e. The molecule has 1 aliphatic rings. The van der Waals surface area contributed by atoms with Gasteiger partial charge in [0, 0.05) is 13.0 Å². The van der Waals surface area contributed by atoms with E-state index in [4.69, 9.17) is 11.1 Å². The number of nitrogens with one attached hydrogen (secondary N) is 1. The number of carbonyl (C=O) groups excluding carboxylic acids is 2. The quantitative estimate of drug-likeness (QED) is 0.353. The maximum atomic E-state index is 12.0. The van der Waals surface area contributed by atoms with E-state index in [0.29, 0.717) is 24.1 Å². The zero-order valence-electron chi connectivity index (χ0n) is 10.7. The van der Waals surface area contributed by atoms with Crippen molar-refractivity contribution < 1.29 is 9.59 Å². The second kappa shape index (κ2) is 5.65. The van der Waals surface area contributed by atoms with Crippen molar-refractivity contribution in [3.8, 4) is 0 Å². The van der Waals surface area contributed by atoms with E-state index in [2.05, 4.69) is 0 Å². The van der Waals surface area contributed by atoms with Gasteiger partial charge in [0.15, 0.2) is 0 Å². The molecule has 1 aromatic rings. The van der Waals surface area contributed by atoms with Crippen LogP contribution in [-0.4, -0.2) is 29.1 Å². The van der Waals surface area contributed by atoms with Gasteiger partial charge in [0.25, 0.3) is 11.8 Å². The van der Waals surface area contributed by atoms with Gasteiger partial charge in [-0.3, -0.25) is 19.9 Å². The van der Waals surface area contributed by atoms with Gasteiger partial charge in [0.2, 0.25) is 0 Å². The van der Waals surface area contributed by atoms with E-state index in [1.54, 1.807) is 24.3 Å². The second-order valence-electron chi connectivity index (χ2n) is 4.64. The monoisotopic (exact) mass is 259 g/mol. The van der Waals surface area contributed by atoms with E-state index in [0.717, 1.165) is 19.3 Å². The normalized spacial score (nSPS) is 13.8. The van der Waals surface area contributed by atoms with E-state index in [1.165, 1.54) is 4.90 Å². The molecule has 0 fully saturated rings. The lowest BCUT2D eigenvalue weighted by Crippen LogP contribution is -2.30. The molecule has 3 N–H and O–H groups in total. The van der Waals surface area contributed by atoms with Gasteiger partial charge in [-0.15, -0.1) is 0 Å². The summed E-state index contributed by atoms with van der Waals surface area (Å²) in [5, 5.41) is 7.11. The van der Waals surface area contributed by atoms with E-state index in [-0.39, 0.29) is 17.6 Å². The average Bonchev–Trinajstić information content (AvgIpc) is 2.63. The molecule has 0 bridgehead atoms. The molecule has 5 heteroatoms. The Morgan fingerprint density at radius 3 is 2.16 bits per heavy atom. The van der Waals surface area contributed by atoms with Gasteiger partial charge >= 0.3 is 0 Å². The summed E-state index contributed by atoms with van der Waals surface area (Å²) in [6.07, 6.45) is 2.99. The number of imide groups is 1. The highest BCUT2D eigenvalue weighted by atomic mass is 16.2. The molecule has 0 spiro atoms. The first-order valence-electron chi connectivity index (χ1n) is 6.39. The van der Waals surface area contributed by atoms with Crippen LogP contribution in [0.2, 0.25) is 0 Å². The highest BCUT2D eigenvalue weighted by Gasteiger charge is 2.34. The number of carbonyl (C=O) groups is 2. The maximum Gasteiger partial charge on any atom is 0.261 e. The topological polar surface area (TPSA) is 87.2 Å². The molecule has 0 saturated heterocycles. The number of hydrogen-bond acceptors (Lipinski definition) is 3. The largest absolute Gasteiger partial charge is 0.388 e. The Hall–Kier alpha value is -2.17. The first kappa shape index (κ1) is 13.3. The number of fused-ring (bicyclic) bond motifs is 1. The van der Waals surface area contributed by atoms with Gasteiger partial charge in [0.05, 0.1) is 17.0 Å². The zero-order valence-corrected chi connectivity index (χ0v) is 10.7. The lowest BCUT2D eigenvalue weighted by Gasteiger charge is -2.13. The highest BCUT2D eigenvalue weighted by molar-refractivity contribution is 6.21. The first-order valence-corrected chi connectivity index (χ1v) is 6.39. The first-order chi connectivity index (χ1) is 9.11. The van der Waals surface area contributed by atoms with Gasteiger partial charge in [-0.05, 0) is 25.0 Å². The summed E-state index contributed by atoms with van der Waals surface area (Å²) < 4.78 is 0. The summed E-state index contributed by atoms with van der Waals surface area (Å²) in [5.74, 6) is -0.222. The Morgan fingerprint density at radius 1 is 1.05 bits per heavy atom. The molecule has 1 aliphatic heterocycles. The molecule has 0 aromatic heterocycles. The summed E-state index contributed by atoms with van der Waals surface area (Å²) in [4.78, 5) is 25.4. The number of nitrogens with zero attached hydrogens (tertiary/aromatic N) is 1. The van der Waals surface area contributed by atoms with Crippen LogP contribution in [-0.2, 0) is 0 Å². The van der Waals surface area contributed by atoms with Crippen molar-refractivity contribution in [2.75, 3.05) is 6.54 Å². The lowest BCUT2D eigenvalue weighted by molar-refractivity contribution is 0.0651. The van der Waals surface area contributed by atoms with Crippen LogP contribution < -0.4 is 5.73 Å². The number of amides is 2. The molecule has 0 unspecified atom stereocenters. The third kappa shape index (κ3) is 2.81. The predicted octanol–water partition coefficient (Wildman–Crippen LogP) is 1.78. The standard InChI is InChI=1S/C14H17N3O2/c15-12(16)8-2-1-5-9-17-13(18)10-6-3-4-7-11(10)14(17)19/h3-4,6-7H,1-2,5,8-9H2,(H3,15,16). The summed E-state index contributed by atoms with van der Waals surface area (Å²) >= 11 is 0. The third-order valence-corrected chi connectivity index (χ3v) is 3.21. The van der Waals surface area contributed by atoms with E-state index < -0.39 is 0 Å². The minimum atomic E-state index is -0.202. The maximum absolute atomic E-state index is 12.0. The molecule has 1 aromatic carbocycles. The summed E-state index contributed by atoms with van der Waals surface area (Å²) in [6, 6.07) is 6.90. The van der Waals surface area contributed by atoms with Crippen molar-refractivity contribution in [3.63, 3.8) is 0 Å². The summed E-state index contributed by atoms with van der Waals surface area (Å²) in [6.45, 7) is 0.435. The summed E-state index contributed by atoms with van der Waals surface area (Å²) in [7, 11) is 0. The molecular weight excluding hydrogens is 242 g/mol. The predicted molar refractivity (Wildman–Crippen MR) is 72.2 cm³/mol. The van der Waals surface area contributed by atoms with Crippen LogP contribution in [0.25, 0.3) is 0 Å². The Bertz CT molecular complexity index is 490. The highest BCUT2D eigenvalue weighted by Crippen LogP contribution is 2.22. The van der Waals surface area contributed by atoms with Crippen molar-refractivity contribution in [2.45, 2.75) is 25.7 Å². The molecule has 5 nitrogen and oxygen atoms in total. The van der Waals surface area contributed by atoms with Crippen molar-refractivity contribution >= 4 is 17.6 Å². The minimum absolute atomic E-state index is 0.181. The number of amidine groups is 1. The van der Waals surface area contributed by atoms with Gasteiger partial charge in [-0.25, -0.2) is 0 Å². The Morgan fingerprint density at radius 2 is 1.63 bits per heavy atom. The van der Waals surface area contributed by atoms with Crippen LogP contribution in [0.4, 0.5) is 0 Å². The molecule has 2 amide bonds. The molecule has 0 saturated carbocycles. The number of unbranched alkanes of at least 4 members (excludes halogenated alkanes) is 2. The van der Waals surface area contributed by atoms with Crippen LogP contribution in [0.1, 0.15) is 46.4 Å². The van der Waals surface area contributed by atoms with Gasteiger partial charge in [-0.2, -0.15) is 0 Å². The van der Waals surface area contributed by atoms with Crippen molar-refractivity contribution in [1.29, 1.82) is 5.41 Å². The Kier molecular flexibility index (Phi) is 3.94. The molecule has 2 rings (SSSR count). The Labute approximate surface area is 111 Å². The molecule has 1 heterocycles. The van der Waals surface area contributed by atoms with Crippen LogP contribution in [0.15, 0.2) is 24.3 Å². The van der Waals surface area contributed by atoms with Gasteiger partial charge in [0.1, 0.15) is 0 Å². The second-order valence-corrected chi connectivity index (χ2v) is 4.64. The number of hydrogen-bond donors (Lipinski definition) is 2. The molecule has 100 valence electrons. The zero-order chi connectivity index (χ0) is 13.8. The minimum Gasteiger partial charge on any atom is -0.388 e. The van der Waals surface area contributed by atoms with Crippen molar-refractivity contribution in [1.82, 2.24) is 4.90 Å². The number of nitrogens with two attached hydrogens (primary N) is 1. The van der Waals surface area contributed by atoms with E-state index in [9.17, 15) is 9.59 Å². The molecule has 0 radical (unpaired) electrons. The fraction of sp³-hybridized carbons (Fsp3) is 0.357. The van der Waals surface area contributed by atoms with Gasteiger partial charge in [-0.1, -0.05) is 18.6 Å². The SMILES string of the molecule is N=C(N)CCCCCN1C(=O)c2ccccc2C1=O. The van der Waals surface area contributed by atoms with Crippen molar-refractivity contribution in [3.05, 3.63) is 35.4 Å². The third-order valence-electron chi connectivity index (χ3n) is 3.21.